The summed E-state index contributed by atoms with van der Waals surface area (Å²) in [5.41, 5.74) is -0.336. The fourth-order valence-electron chi connectivity index (χ4n) is 3.05. The third kappa shape index (κ3) is 7.46. The Hall–Kier alpha value is -1.10. The summed E-state index contributed by atoms with van der Waals surface area (Å²) in [7, 11) is 0. The van der Waals surface area contributed by atoms with Gasteiger partial charge < -0.3 is 15.2 Å². The monoisotopic (exact) mass is 299 g/mol. The Kier molecular flexibility index (Phi) is 8.35. The summed E-state index contributed by atoms with van der Waals surface area (Å²) in [6.07, 6.45) is 7.47. The summed E-state index contributed by atoms with van der Waals surface area (Å²) in [4.78, 5) is 23.1. The molecule has 0 unspecified atom stereocenters. The van der Waals surface area contributed by atoms with Gasteiger partial charge in [-0.25, -0.2) is 0 Å². The number of hydrogen-bond acceptors (Lipinski definition) is 3. The van der Waals surface area contributed by atoms with Crippen LogP contribution in [-0.2, 0) is 14.3 Å². The van der Waals surface area contributed by atoms with E-state index in [1.165, 1.54) is 0 Å². The topological polar surface area (TPSA) is 75.6 Å². The van der Waals surface area contributed by atoms with Gasteiger partial charge in [-0.1, -0.05) is 32.6 Å². The molecule has 1 aliphatic rings. The maximum absolute atomic E-state index is 12.0. The van der Waals surface area contributed by atoms with Crippen molar-refractivity contribution in [1.82, 2.24) is 5.32 Å². The molecule has 0 aliphatic heterocycles. The van der Waals surface area contributed by atoms with E-state index in [2.05, 4.69) is 12.2 Å². The number of ether oxygens (including phenoxy) is 1. The van der Waals surface area contributed by atoms with Gasteiger partial charge >= 0.3 is 5.97 Å². The SMILES string of the molecule is CCCCOCCNC(=O)CC1(CC(=O)O)CCCCC1. The van der Waals surface area contributed by atoms with Crippen molar-refractivity contribution in [3.05, 3.63) is 0 Å². The normalized spacial score (nSPS) is 17.4. The fraction of sp³-hybridized carbons (Fsp3) is 0.875. The minimum absolute atomic E-state index is 0.0442. The van der Waals surface area contributed by atoms with Gasteiger partial charge in [0.15, 0.2) is 0 Å². The molecule has 0 aromatic rings. The lowest BCUT2D eigenvalue weighted by molar-refractivity contribution is -0.141. The highest BCUT2D eigenvalue weighted by molar-refractivity contribution is 5.78. The number of nitrogens with one attached hydrogen (secondary N) is 1. The maximum Gasteiger partial charge on any atom is 0.303 e. The van der Waals surface area contributed by atoms with Gasteiger partial charge in [0.25, 0.3) is 0 Å². The van der Waals surface area contributed by atoms with Crippen LogP contribution in [0.25, 0.3) is 0 Å². The van der Waals surface area contributed by atoms with E-state index in [4.69, 9.17) is 9.84 Å². The zero-order valence-electron chi connectivity index (χ0n) is 13.2. The standard InChI is InChI=1S/C16H29NO4/c1-2-3-10-21-11-9-17-14(18)12-16(13-15(19)20)7-5-4-6-8-16/h2-13H2,1H3,(H,17,18)(H,19,20). The van der Waals surface area contributed by atoms with E-state index < -0.39 is 5.97 Å². The lowest BCUT2D eigenvalue weighted by Crippen LogP contribution is -2.36. The summed E-state index contributed by atoms with van der Waals surface area (Å²) >= 11 is 0. The van der Waals surface area contributed by atoms with E-state index in [-0.39, 0.29) is 17.7 Å². The number of hydrogen-bond donors (Lipinski definition) is 2. The lowest BCUT2D eigenvalue weighted by Gasteiger charge is -2.35. The lowest BCUT2D eigenvalue weighted by atomic mass is 9.69. The minimum atomic E-state index is -0.799. The van der Waals surface area contributed by atoms with Crippen molar-refractivity contribution in [3.63, 3.8) is 0 Å². The highest BCUT2D eigenvalue weighted by atomic mass is 16.5. The second kappa shape index (κ2) is 9.77. The third-order valence-corrected chi connectivity index (χ3v) is 4.19. The molecule has 1 fully saturated rings. The Morgan fingerprint density at radius 1 is 1.14 bits per heavy atom. The van der Waals surface area contributed by atoms with Gasteiger partial charge in [0.2, 0.25) is 5.91 Å². The van der Waals surface area contributed by atoms with Crippen molar-refractivity contribution in [2.24, 2.45) is 5.41 Å². The second-order valence-electron chi connectivity index (χ2n) is 6.12. The first-order valence-corrected chi connectivity index (χ1v) is 8.14. The Bertz CT molecular complexity index is 324. The van der Waals surface area contributed by atoms with Crippen LogP contribution in [0.2, 0.25) is 0 Å². The molecule has 1 amide bonds. The summed E-state index contributed by atoms with van der Waals surface area (Å²) in [6, 6.07) is 0. The van der Waals surface area contributed by atoms with Crippen molar-refractivity contribution in [1.29, 1.82) is 0 Å². The third-order valence-electron chi connectivity index (χ3n) is 4.19. The predicted molar refractivity (Wildman–Crippen MR) is 81.1 cm³/mol. The van der Waals surface area contributed by atoms with Crippen LogP contribution in [0.1, 0.15) is 64.7 Å². The van der Waals surface area contributed by atoms with E-state index in [9.17, 15) is 9.59 Å². The molecular formula is C16H29NO4. The highest BCUT2D eigenvalue weighted by Gasteiger charge is 2.36. The number of aliphatic carboxylic acids is 1. The molecule has 1 rings (SSSR count). The first-order valence-electron chi connectivity index (χ1n) is 8.14. The highest BCUT2D eigenvalue weighted by Crippen LogP contribution is 2.42. The number of rotatable bonds is 10. The Labute approximate surface area is 127 Å². The number of amides is 1. The number of carboxylic acids is 1. The molecule has 0 bridgehead atoms. The van der Waals surface area contributed by atoms with Gasteiger partial charge in [-0.3, -0.25) is 9.59 Å². The molecule has 0 saturated heterocycles. The van der Waals surface area contributed by atoms with Crippen LogP contribution in [0.15, 0.2) is 0 Å². The van der Waals surface area contributed by atoms with E-state index in [0.717, 1.165) is 51.6 Å². The molecule has 0 heterocycles. The van der Waals surface area contributed by atoms with Crippen molar-refractivity contribution < 1.29 is 19.4 Å². The number of carboxylic acid groups (broad SMARTS) is 1. The fourth-order valence-corrected chi connectivity index (χ4v) is 3.05. The first kappa shape index (κ1) is 18.0. The van der Waals surface area contributed by atoms with E-state index >= 15 is 0 Å². The van der Waals surface area contributed by atoms with Crippen LogP contribution in [0.5, 0.6) is 0 Å². The molecule has 0 radical (unpaired) electrons. The molecule has 21 heavy (non-hydrogen) atoms. The van der Waals surface area contributed by atoms with E-state index in [1.54, 1.807) is 0 Å². The molecule has 1 aliphatic carbocycles. The van der Waals surface area contributed by atoms with Crippen LogP contribution >= 0.6 is 0 Å². The first-order chi connectivity index (χ1) is 10.1. The molecule has 2 N–H and O–H groups in total. The van der Waals surface area contributed by atoms with E-state index in [1.807, 2.05) is 0 Å². The van der Waals surface area contributed by atoms with Crippen molar-refractivity contribution in [2.75, 3.05) is 19.8 Å². The average Bonchev–Trinajstić information content (AvgIpc) is 2.42. The number of carbonyl (C=O) groups excluding carboxylic acids is 1. The largest absolute Gasteiger partial charge is 0.481 e. The number of unbranched alkanes of at least 4 members (excludes halogenated alkanes) is 1. The number of carbonyl (C=O) groups is 2. The minimum Gasteiger partial charge on any atom is -0.481 e. The van der Waals surface area contributed by atoms with Crippen molar-refractivity contribution in [2.45, 2.75) is 64.7 Å². The smallest absolute Gasteiger partial charge is 0.303 e. The van der Waals surface area contributed by atoms with Crippen molar-refractivity contribution in [3.8, 4) is 0 Å². The molecule has 0 aromatic carbocycles. The molecule has 0 atom stereocenters. The van der Waals surface area contributed by atoms with Gasteiger partial charge in [0, 0.05) is 19.6 Å². The molecule has 0 spiro atoms. The Morgan fingerprint density at radius 3 is 2.48 bits per heavy atom. The summed E-state index contributed by atoms with van der Waals surface area (Å²) in [5.74, 6) is -0.843. The van der Waals surface area contributed by atoms with Crippen LogP contribution in [0.3, 0.4) is 0 Å². The summed E-state index contributed by atoms with van der Waals surface area (Å²) < 4.78 is 5.40. The molecule has 122 valence electrons. The molecule has 0 aromatic heterocycles. The van der Waals surface area contributed by atoms with Crippen molar-refractivity contribution >= 4 is 11.9 Å². The van der Waals surface area contributed by atoms with Crippen LogP contribution in [-0.4, -0.2) is 36.7 Å². The predicted octanol–water partition coefficient (Wildman–Crippen LogP) is 2.73. The van der Waals surface area contributed by atoms with Crippen LogP contribution in [0.4, 0.5) is 0 Å². The second-order valence-corrected chi connectivity index (χ2v) is 6.12. The van der Waals surface area contributed by atoms with Gasteiger partial charge in [-0.05, 0) is 24.7 Å². The van der Waals surface area contributed by atoms with Gasteiger partial charge in [0.1, 0.15) is 0 Å². The molecule has 1 saturated carbocycles. The van der Waals surface area contributed by atoms with Gasteiger partial charge in [-0.15, -0.1) is 0 Å². The van der Waals surface area contributed by atoms with E-state index in [0.29, 0.717) is 19.6 Å². The zero-order chi connectivity index (χ0) is 15.6. The average molecular weight is 299 g/mol. The molecule has 5 nitrogen and oxygen atoms in total. The maximum atomic E-state index is 12.0. The van der Waals surface area contributed by atoms with Crippen LogP contribution in [0, 0.1) is 5.41 Å². The molecular weight excluding hydrogens is 270 g/mol. The van der Waals surface area contributed by atoms with Gasteiger partial charge in [0.05, 0.1) is 13.0 Å². The Balaban J connectivity index is 2.30. The molecule has 5 heteroatoms. The quantitative estimate of drug-likeness (QED) is 0.608. The summed E-state index contributed by atoms with van der Waals surface area (Å²) in [6.45, 7) is 3.87. The summed E-state index contributed by atoms with van der Waals surface area (Å²) in [5, 5.41) is 11.9. The Morgan fingerprint density at radius 2 is 1.86 bits per heavy atom. The van der Waals surface area contributed by atoms with Gasteiger partial charge in [-0.2, -0.15) is 0 Å². The zero-order valence-corrected chi connectivity index (χ0v) is 13.2. The van der Waals surface area contributed by atoms with Crippen LogP contribution < -0.4 is 5.32 Å².